The molecule has 1 aliphatic heterocycles. The van der Waals surface area contributed by atoms with Crippen LogP contribution in [0, 0.1) is 17.8 Å². The van der Waals surface area contributed by atoms with Gasteiger partial charge in [-0.3, -0.25) is 4.90 Å². The van der Waals surface area contributed by atoms with Crippen LogP contribution < -0.4 is 5.32 Å². The summed E-state index contributed by atoms with van der Waals surface area (Å²) in [5.74, 6) is 2.89. The lowest BCUT2D eigenvalue weighted by Gasteiger charge is -2.42. The molecule has 0 aliphatic carbocycles. The van der Waals surface area contributed by atoms with Crippen molar-refractivity contribution in [2.24, 2.45) is 5.41 Å². The van der Waals surface area contributed by atoms with Crippen LogP contribution in [0.5, 0.6) is 0 Å². The Morgan fingerprint density at radius 2 is 2.20 bits per heavy atom. The third-order valence-electron chi connectivity index (χ3n) is 3.27. The van der Waals surface area contributed by atoms with Gasteiger partial charge in [0, 0.05) is 25.7 Å². The van der Waals surface area contributed by atoms with Gasteiger partial charge in [0.1, 0.15) is 0 Å². The number of rotatable bonds is 2. The van der Waals surface area contributed by atoms with E-state index in [9.17, 15) is 0 Å². The van der Waals surface area contributed by atoms with Gasteiger partial charge in [-0.2, -0.15) is 0 Å². The first-order valence-electron chi connectivity index (χ1n) is 5.92. The molecule has 0 spiro atoms. The van der Waals surface area contributed by atoms with Crippen LogP contribution in [0.25, 0.3) is 0 Å². The molecule has 2 atom stereocenters. The average molecular weight is 208 g/mol. The van der Waals surface area contributed by atoms with Gasteiger partial charge in [0.15, 0.2) is 0 Å². The average Bonchev–Trinajstić information content (AvgIpc) is 2.19. The number of hydrogen-bond acceptors (Lipinski definition) is 2. The maximum absolute atomic E-state index is 5.56. The molecule has 15 heavy (non-hydrogen) atoms. The van der Waals surface area contributed by atoms with Crippen molar-refractivity contribution in [1.82, 2.24) is 10.2 Å². The number of terminal acetylenes is 1. The summed E-state index contributed by atoms with van der Waals surface area (Å²) in [6.45, 7) is 12.2. The molecule has 0 amide bonds. The molecule has 0 aromatic rings. The van der Waals surface area contributed by atoms with Crippen molar-refractivity contribution < 1.29 is 0 Å². The summed E-state index contributed by atoms with van der Waals surface area (Å²) >= 11 is 0. The summed E-state index contributed by atoms with van der Waals surface area (Å²) in [7, 11) is 0. The summed E-state index contributed by atoms with van der Waals surface area (Å²) in [5, 5.41) is 3.58. The lowest BCUT2D eigenvalue weighted by atomic mass is 9.85. The Kier molecular flexibility index (Phi) is 4.19. The molecule has 2 unspecified atom stereocenters. The minimum absolute atomic E-state index is 0.311. The molecule has 1 N–H and O–H groups in total. The highest BCUT2D eigenvalue weighted by atomic mass is 15.2. The standard InChI is InChI=1S/C13H24N2/c1-6-11(7-2)15-9-8-14-12(10-15)13(3,4)5/h1,11-12,14H,7-10H2,2-5H3. The van der Waals surface area contributed by atoms with Gasteiger partial charge in [0.2, 0.25) is 0 Å². The molecule has 2 heteroatoms. The summed E-state index contributed by atoms with van der Waals surface area (Å²) in [6.07, 6.45) is 6.61. The van der Waals surface area contributed by atoms with Crippen molar-refractivity contribution >= 4 is 0 Å². The number of nitrogens with one attached hydrogen (secondary N) is 1. The number of hydrogen-bond donors (Lipinski definition) is 1. The predicted molar refractivity (Wildman–Crippen MR) is 65.7 cm³/mol. The fourth-order valence-electron chi connectivity index (χ4n) is 2.12. The second kappa shape index (κ2) is 5.01. The van der Waals surface area contributed by atoms with E-state index >= 15 is 0 Å². The molecule has 0 saturated carbocycles. The van der Waals surface area contributed by atoms with Gasteiger partial charge < -0.3 is 5.32 Å². The summed E-state index contributed by atoms with van der Waals surface area (Å²) < 4.78 is 0. The lowest BCUT2D eigenvalue weighted by Crippen LogP contribution is -2.57. The molecule has 1 rings (SSSR count). The second-order valence-electron chi connectivity index (χ2n) is 5.46. The van der Waals surface area contributed by atoms with Crippen molar-refractivity contribution in [3.8, 4) is 12.3 Å². The van der Waals surface area contributed by atoms with Gasteiger partial charge in [-0.15, -0.1) is 6.42 Å². The Bertz CT molecular complexity index is 234. The molecule has 86 valence electrons. The lowest BCUT2D eigenvalue weighted by molar-refractivity contribution is 0.115. The SMILES string of the molecule is C#CC(CC)N1CCNC(C(C)(C)C)C1. The van der Waals surface area contributed by atoms with Crippen molar-refractivity contribution in [3.63, 3.8) is 0 Å². The first-order chi connectivity index (χ1) is 6.99. The highest BCUT2D eigenvalue weighted by molar-refractivity contribution is 5.02. The largest absolute Gasteiger partial charge is 0.311 e. The fraction of sp³-hybridized carbons (Fsp3) is 0.846. The van der Waals surface area contributed by atoms with E-state index in [0.29, 0.717) is 17.5 Å². The maximum atomic E-state index is 5.56. The smallest absolute Gasteiger partial charge is 0.0710 e. The monoisotopic (exact) mass is 208 g/mol. The van der Waals surface area contributed by atoms with Gasteiger partial charge in [-0.25, -0.2) is 0 Å². The first kappa shape index (κ1) is 12.5. The van der Waals surface area contributed by atoms with E-state index in [0.717, 1.165) is 26.1 Å². The molecule has 1 saturated heterocycles. The molecule has 1 aliphatic rings. The molecule has 1 fully saturated rings. The van der Waals surface area contributed by atoms with Crippen LogP contribution in [0.3, 0.4) is 0 Å². The van der Waals surface area contributed by atoms with Gasteiger partial charge >= 0.3 is 0 Å². The molecule has 0 bridgehead atoms. The Morgan fingerprint density at radius 1 is 1.53 bits per heavy atom. The fourth-order valence-corrected chi connectivity index (χ4v) is 2.12. The van der Waals surface area contributed by atoms with Gasteiger partial charge in [0.05, 0.1) is 6.04 Å². The van der Waals surface area contributed by atoms with Crippen molar-refractivity contribution in [1.29, 1.82) is 0 Å². The third kappa shape index (κ3) is 3.22. The summed E-state index contributed by atoms with van der Waals surface area (Å²) in [6, 6.07) is 0.866. The Hall–Kier alpha value is -0.520. The van der Waals surface area contributed by atoms with E-state index in [1.54, 1.807) is 0 Å². The van der Waals surface area contributed by atoms with E-state index in [1.165, 1.54) is 0 Å². The minimum atomic E-state index is 0.311. The first-order valence-corrected chi connectivity index (χ1v) is 5.92. The van der Waals surface area contributed by atoms with Crippen LogP contribution >= 0.6 is 0 Å². The highest BCUT2D eigenvalue weighted by Crippen LogP contribution is 2.22. The Morgan fingerprint density at radius 3 is 2.67 bits per heavy atom. The van der Waals surface area contributed by atoms with E-state index in [1.807, 2.05) is 0 Å². The normalized spacial score (nSPS) is 25.9. The van der Waals surface area contributed by atoms with Crippen LogP contribution in [0.2, 0.25) is 0 Å². The van der Waals surface area contributed by atoms with E-state index in [4.69, 9.17) is 6.42 Å². The quantitative estimate of drug-likeness (QED) is 0.695. The van der Waals surface area contributed by atoms with Crippen molar-refractivity contribution in [2.75, 3.05) is 19.6 Å². The predicted octanol–water partition coefficient (Wildman–Crippen LogP) is 1.72. The third-order valence-corrected chi connectivity index (χ3v) is 3.27. The molecular formula is C13H24N2. The van der Waals surface area contributed by atoms with E-state index < -0.39 is 0 Å². The van der Waals surface area contributed by atoms with Gasteiger partial charge in [-0.1, -0.05) is 33.6 Å². The van der Waals surface area contributed by atoms with Crippen LogP contribution in [-0.2, 0) is 0 Å². The molecule has 1 heterocycles. The molecule has 0 aromatic heterocycles. The van der Waals surface area contributed by atoms with Gasteiger partial charge in [-0.05, 0) is 11.8 Å². The van der Waals surface area contributed by atoms with Crippen LogP contribution in [0.1, 0.15) is 34.1 Å². The molecule has 2 nitrogen and oxygen atoms in total. The molecule has 0 radical (unpaired) electrons. The topological polar surface area (TPSA) is 15.3 Å². The molecular weight excluding hydrogens is 184 g/mol. The molecule has 0 aromatic carbocycles. The van der Waals surface area contributed by atoms with Crippen molar-refractivity contribution in [3.05, 3.63) is 0 Å². The maximum Gasteiger partial charge on any atom is 0.0710 e. The van der Waals surface area contributed by atoms with Crippen LogP contribution in [0.15, 0.2) is 0 Å². The second-order valence-corrected chi connectivity index (χ2v) is 5.46. The van der Waals surface area contributed by atoms with Crippen molar-refractivity contribution in [2.45, 2.75) is 46.2 Å². The summed E-state index contributed by atoms with van der Waals surface area (Å²) in [4.78, 5) is 2.44. The number of nitrogens with zero attached hydrogens (tertiary/aromatic N) is 1. The zero-order chi connectivity index (χ0) is 11.5. The zero-order valence-electron chi connectivity index (χ0n) is 10.5. The Balaban J connectivity index is 2.60. The van der Waals surface area contributed by atoms with E-state index in [-0.39, 0.29) is 0 Å². The minimum Gasteiger partial charge on any atom is -0.311 e. The highest BCUT2D eigenvalue weighted by Gasteiger charge is 2.30. The number of piperazine rings is 1. The van der Waals surface area contributed by atoms with E-state index in [2.05, 4.69) is 43.8 Å². The Labute approximate surface area is 94.4 Å². The zero-order valence-corrected chi connectivity index (χ0v) is 10.5. The summed E-state index contributed by atoms with van der Waals surface area (Å²) in [5.41, 5.74) is 0.311. The van der Waals surface area contributed by atoms with Crippen LogP contribution in [-0.4, -0.2) is 36.6 Å². The van der Waals surface area contributed by atoms with Gasteiger partial charge in [0.25, 0.3) is 0 Å². The van der Waals surface area contributed by atoms with Crippen LogP contribution in [0.4, 0.5) is 0 Å².